The average molecular weight is 291 g/mol. The first-order chi connectivity index (χ1) is 7.50. The number of hydrogen-bond donors (Lipinski definition) is 0. The van der Waals surface area contributed by atoms with Crippen LogP contribution in [0.1, 0.15) is 24.2 Å². The predicted octanol–water partition coefficient (Wildman–Crippen LogP) is 2.38. The van der Waals surface area contributed by atoms with Gasteiger partial charge in [0.1, 0.15) is 6.04 Å². The minimum atomic E-state index is -4.43. The summed E-state index contributed by atoms with van der Waals surface area (Å²) >= 11 is 0. The van der Waals surface area contributed by atoms with E-state index in [1.807, 2.05) is 0 Å². The lowest BCUT2D eigenvalue weighted by Crippen LogP contribution is -2.24. The van der Waals surface area contributed by atoms with Crippen molar-refractivity contribution in [2.75, 3.05) is 0 Å². The van der Waals surface area contributed by atoms with Gasteiger partial charge in [-0.15, -0.1) is 0 Å². The fourth-order valence-electron chi connectivity index (χ4n) is 1.20. The van der Waals surface area contributed by atoms with E-state index < -0.39 is 27.0 Å². The molecule has 1 heterocycles. The van der Waals surface area contributed by atoms with Gasteiger partial charge in [-0.25, -0.2) is 8.42 Å². The van der Waals surface area contributed by atoms with Gasteiger partial charge in [-0.2, -0.15) is 18.3 Å². The van der Waals surface area contributed by atoms with Crippen molar-refractivity contribution < 1.29 is 21.6 Å². The van der Waals surface area contributed by atoms with Crippen molar-refractivity contribution in [3.63, 3.8) is 0 Å². The molecule has 0 bridgehead atoms. The van der Waals surface area contributed by atoms with E-state index in [0.717, 1.165) is 13.1 Å². The van der Waals surface area contributed by atoms with Crippen LogP contribution < -0.4 is 0 Å². The van der Waals surface area contributed by atoms with Gasteiger partial charge in [0.05, 0.1) is 11.4 Å². The largest absolute Gasteiger partial charge is 0.410 e. The van der Waals surface area contributed by atoms with E-state index in [-0.39, 0.29) is 11.3 Å². The molecule has 1 atom stereocenters. The standard InChI is InChI=1S/C8H10ClF3N2O2S/c1-5-7(4-17(9,15)16)3-14(13-5)6(2)8(10,11)12/h3,6H,4H2,1-2H3. The number of rotatable bonds is 3. The lowest BCUT2D eigenvalue weighted by Gasteiger charge is -2.15. The first kappa shape index (κ1) is 14.3. The molecule has 0 radical (unpaired) electrons. The molecular weight excluding hydrogens is 281 g/mol. The summed E-state index contributed by atoms with van der Waals surface area (Å²) in [5, 5.41) is 3.63. The van der Waals surface area contributed by atoms with E-state index in [1.165, 1.54) is 6.92 Å². The van der Waals surface area contributed by atoms with Crippen molar-refractivity contribution in [2.45, 2.75) is 31.8 Å². The smallest absolute Gasteiger partial charge is 0.260 e. The molecule has 1 aromatic heterocycles. The fourth-order valence-corrected chi connectivity index (χ4v) is 2.20. The molecule has 17 heavy (non-hydrogen) atoms. The maximum absolute atomic E-state index is 12.4. The third kappa shape index (κ3) is 3.88. The van der Waals surface area contributed by atoms with Gasteiger partial charge in [-0.1, -0.05) is 0 Å². The highest BCUT2D eigenvalue weighted by molar-refractivity contribution is 8.13. The molecule has 98 valence electrons. The van der Waals surface area contributed by atoms with Gasteiger partial charge in [0, 0.05) is 22.4 Å². The SMILES string of the molecule is Cc1nn(C(C)C(F)(F)F)cc1CS(=O)(=O)Cl. The van der Waals surface area contributed by atoms with Crippen LogP contribution in [0.2, 0.25) is 0 Å². The number of nitrogens with zero attached hydrogens (tertiary/aromatic N) is 2. The lowest BCUT2D eigenvalue weighted by atomic mass is 10.3. The van der Waals surface area contributed by atoms with Crippen LogP contribution in [0.25, 0.3) is 0 Å². The van der Waals surface area contributed by atoms with Crippen molar-refractivity contribution >= 4 is 19.7 Å². The second kappa shape index (κ2) is 4.49. The molecule has 1 rings (SSSR count). The minimum absolute atomic E-state index is 0.163. The Bertz CT molecular complexity index is 509. The second-order valence-corrected chi connectivity index (χ2v) is 6.40. The molecule has 0 saturated heterocycles. The van der Waals surface area contributed by atoms with Crippen LogP contribution in [0.4, 0.5) is 13.2 Å². The highest BCUT2D eigenvalue weighted by atomic mass is 35.7. The van der Waals surface area contributed by atoms with E-state index in [2.05, 4.69) is 5.10 Å². The van der Waals surface area contributed by atoms with Crippen molar-refractivity contribution in [2.24, 2.45) is 0 Å². The summed E-state index contributed by atoms with van der Waals surface area (Å²) in [7, 11) is 1.22. The lowest BCUT2D eigenvalue weighted by molar-refractivity contribution is -0.165. The minimum Gasteiger partial charge on any atom is -0.260 e. The van der Waals surface area contributed by atoms with E-state index in [0.29, 0.717) is 4.68 Å². The topological polar surface area (TPSA) is 52.0 Å². The van der Waals surface area contributed by atoms with Gasteiger partial charge in [-0.05, 0) is 13.8 Å². The van der Waals surface area contributed by atoms with Crippen molar-refractivity contribution in [3.8, 4) is 0 Å². The molecule has 1 aromatic rings. The van der Waals surface area contributed by atoms with Crippen molar-refractivity contribution in [1.82, 2.24) is 9.78 Å². The second-order valence-electron chi connectivity index (χ2n) is 3.62. The van der Waals surface area contributed by atoms with Crippen LogP contribution in [0.3, 0.4) is 0 Å². The van der Waals surface area contributed by atoms with Gasteiger partial charge < -0.3 is 0 Å². The highest BCUT2D eigenvalue weighted by Crippen LogP contribution is 2.30. The monoisotopic (exact) mass is 290 g/mol. The van der Waals surface area contributed by atoms with E-state index in [4.69, 9.17) is 10.7 Å². The summed E-state index contributed by atoms with van der Waals surface area (Å²) in [5.41, 5.74) is 0.376. The molecule has 0 fully saturated rings. The van der Waals surface area contributed by atoms with Gasteiger partial charge in [0.15, 0.2) is 0 Å². The highest BCUT2D eigenvalue weighted by Gasteiger charge is 2.38. The van der Waals surface area contributed by atoms with Gasteiger partial charge in [0.25, 0.3) is 0 Å². The predicted molar refractivity (Wildman–Crippen MR) is 56.2 cm³/mol. The Morgan fingerprint density at radius 2 is 2.06 bits per heavy atom. The van der Waals surface area contributed by atoms with E-state index >= 15 is 0 Å². The molecule has 0 N–H and O–H groups in total. The fraction of sp³-hybridized carbons (Fsp3) is 0.625. The zero-order chi connectivity index (χ0) is 13.4. The van der Waals surface area contributed by atoms with Gasteiger partial charge >= 0.3 is 6.18 Å². The Morgan fingerprint density at radius 3 is 2.47 bits per heavy atom. The normalized spacial score (nSPS) is 14.9. The summed E-state index contributed by atoms with van der Waals surface area (Å²) in [6, 6.07) is -1.81. The third-order valence-corrected chi connectivity index (χ3v) is 3.20. The molecule has 0 spiro atoms. The Hall–Kier alpha value is -0.760. The van der Waals surface area contributed by atoms with E-state index in [9.17, 15) is 21.6 Å². The van der Waals surface area contributed by atoms with Crippen molar-refractivity contribution in [3.05, 3.63) is 17.5 Å². The average Bonchev–Trinajstić information content (AvgIpc) is 2.42. The number of hydrogen-bond acceptors (Lipinski definition) is 3. The Balaban J connectivity index is 3.04. The zero-order valence-corrected chi connectivity index (χ0v) is 10.6. The first-order valence-electron chi connectivity index (χ1n) is 4.54. The summed E-state index contributed by atoms with van der Waals surface area (Å²) < 4.78 is 59.6. The number of halogens is 4. The van der Waals surface area contributed by atoms with Crippen LogP contribution in [0, 0.1) is 6.92 Å². The van der Waals surface area contributed by atoms with Crippen LogP contribution in [-0.2, 0) is 14.8 Å². The maximum Gasteiger partial charge on any atom is 0.410 e. The maximum atomic E-state index is 12.4. The molecule has 0 aliphatic carbocycles. The molecule has 0 aliphatic rings. The molecule has 9 heteroatoms. The van der Waals surface area contributed by atoms with E-state index in [1.54, 1.807) is 0 Å². The van der Waals surface area contributed by atoms with Crippen LogP contribution >= 0.6 is 10.7 Å². The zero-order valence-electron chi connectivity index (χ0n) is 8.99. The molecule has 0 amide bonds. The Kier molecular flexibility index (Phi) is 3.78. The van der Waals surface area contributed by atoms with Crippen LogP contribution in [0.5, 0.6) is 0 Å². The first-order valence-corrected chi connectivity index (χ1v) is 7.02. The molecule has 0 saturated carbocycles. The summed E-state index contributed by atoms with van der Waals surface area (Å²) in [5.74, 6) is -0.537. The number of alkyl halides is 3. The Morgan fingerprint density at radius 1 is 1.53 bits per heavy atom. The summed E-state index contributed by atoms with van der Waals surface area (Å²) in [6.07, 6.45) is -3.39. The quantitative estimate of drug-likeness (QED) is 0.803. The molecule has 4 nitrogen and oxygen atoms in total. The molecule has 0 aromatic carbocycles. The summed E-state index contributed by atoms with van der Waals surface area (Å²) in [4.78, 5) is 0. The van der Waals surface area contributed by atoms with Gasteiger partial charge in [0.2, 0.25) is 9.05 Å². The Labute approximate surface area is 101 Å². The van der Waals surface area contributed by atoms with Crippen LogP contribution in [0.15, 0.2) is 6.20 Å². The van der Waals surface area contributed by atoms with Gasteiger partial charge in [-0.3, -0.25) is 4.68 Å². The van der Waals surface area contributed by atoms with Crippen LogP contribution in [-0.4, -0.2) is 24.4 Å². The van der Waals surface area contributed by atoms with Crippen molar-refractivity contribution in [1.29, 1.82) is 0 Å². The summed E-state index contributed by atoms with van der Waals surface area (Å²) in [6.45, 7) is 2.36. The molecular formula is C8H10ClF3N2O2S. The number of aromatic nitrogens is 2. The molecule has 0 aliphatic heterocycles. The number of aryl methyl sites for hydroxylation is 1. The molecule has 1 unspecified atom stereocenters. The third-order valence-electron chi connectivity index (χ3n) is 2.22.